The summed E-state index contributed by atoms with van der Waals surface area (Å²) in [6.45, 7) is 1.97. The number of rotatable bonds is 9. The van der Waals surface area contributed by atoms with E-state index in [1.165, 1.54) is 0 Å². The van der Waals surface area contributed by atoms with E-state index in [1.54, 1.807) is 7.05 Å². The smallest absolute Gasteiger partial charge is 0.213 e. The normalized spacial score (nSPS) is 17.6. The van der Waals surface area contributed by atoms with Gasteiger partial charge in [-0.3, -0.25) is 4.99 Å². The lowest BCUT2D eigenvalue weighted by molar-refractivity contribution is 0.0200. The quantitative estimate of drug-likeness (QED) is 0.252. The van der Waals surface area contributed by atoms with Gasteiger partial charge in [0.15, 0.2) is 5.96 Å². The topological polar surface area (TPSA) is 91.8 Å². The standard InChI is InChI=1S/C18H29ClN4O3S.HI/c1-20-18(21-10-9-15-6-2-3-8-17(15)19)22-11-13-27(24,25)23-14-16-7-4-5-12-26-16;/h2-3,6,8,16,23H,4-5,7,9-14H2,1H3,(H2,20,21,22);1H. The highest BCUT2D eigenvalue weighted by molar-refractivity contribution is 14.0. The van der Waals surface area contributed by atoms with Gasteiger partial charge in [0.1, 0.15) is 0 Å². The largest absolute Gasteiger partial charge is 0.377 e. The number of hydrogen-bond acceptors (Lipinski definition) is 4. The Kier molecular flexibility index (Phi) is 12.3. The summed E-state index contributed by atoms with van der Waals surface area (Å²) in [6, 6.07) is 7.69. The Labute approximate surface area is 190 Å². The molecule has 1 fully saturated rings. The van der Waals surface area contributed by atoms with Crippen molar-refractivity contribution in [1.29, 1.82) is 0 Å². The van der Waals surface area contributed by atoms with E-state index in [2.05, 4.69) is 20.3 Å². The molecule has 1 atom stereocenters. The van der Waals surface area contributed by atoms with Gasteiger partial charge in [-0.05, 0) is 37.3 Å². The molecule has 1 unspecified atom stereocenters. The van der Waals surface area contributed by atoms with E-state index in [9.17, 15) is 8.42 Å². The zero-order valence-electron chi connectivity index (χ0n) is 16.1. The number of ether oxygens (including phenoxy) is 1. The first-order valence-corrected chi connectivity index (χ1v) is 11.3. The first-order chi connectivity index (χ1) is 13.0. The number of benzene rings is 1. The Morgan fingerprint density at radius 2 is 2.00 bits per heavy atom. The molecule has 1 aliphatic heterocycles. The van der Waals surface area contributed by atoms with E-state index in [1.807, 2.05) is 24.3 Å². The lowest BCUT2D eigenvalue weighted by Crippen LogP contribution is -2.43. The predicted octanol–water partition coefficient (Wildman–Crippen LogP) is 2.15. The van der Waals surface area contributed by atoms with Gasteiger partial charge in [0.25, 0.3) is 0 Å². The summed E-state index contributed by atoms with van der Waals surface area (Å²) in [5.74, 6) is 0.540. The van der Waals surface area contributed by atoms with Crippen LogP contribution in [0.5, 0.6) is 0 Å². The minimum Gasteiger partial charge on any atom is -0.377 e. The number of hydrogen-bond donors (Lipinski definition) is 3. The SMILES string of the molecule is CN=C(NCCc1ccccc1Cl)NCCS(=O)(=O)NCC1CCCCO1.I. The van der Waals surface area contributed by atoms with Gasteiger partial charge in [-0.25, -0.2) is 13.1 Å². The van der Waals surface area contributed by atoms with Crippen molar-refractivity contribution in [3.05, 3.63) is 34.9 Å². The van der Waals surface area contributed by atoms with E-state index in [0.29, 0.717) is 25.7 Å². The first kappa shape index (κ1) is 25.4. The van der Waals surface area contributed by atoms with Crippen molar-refractivity contribution in [1.82, 2.24) is 15.4 Å². The van der Waals surface area contributed by atoms with Crippen molar-refractivity contribution in [3.8, 4) is 0 Å². The zero-order chi connectivity index (χ0) is 19.5. The summed E-state index contributed by atoms with van der Waals surface area (Å²) in [5.41, 5.74) is 1.05. The maximum Gasteiger partial charge on any atom is 0.213 e. The zero-order valence-corrected chi connectivity index (χ0v) is 20.0. The molecule has 1 aromatic carbocycles. The molecule has 1 heterocycles. The van der Waals surface area contributed by atoms with Gasteiger partial charge in [-0.15, -0.1) is 24.0 Å². The number of sulfonamides is 1. The van der Waals surface area contributed by atoms with Crippen molar-refractivity contribution in [2.24, 2.45) is 4.99 Å². The Hall–Kier alpha value is -0.620. The van der Waals surface area contributed by atoms with Crippen molar-refractivity contribution in [3.63, 3.8) is 0 Å². The Morgan fingerprint density at radius 1 is 1.25 bits per heavy atom. The van der Waals surface area contributed by atoms with E-state index < -0.39 is 10.0 Å². The molecule has 0 saturated carbocycles. The number of nitrogens with zero attached hydrogens (tertiary/aromatic N) is 1. The summed E-state index contributed by atoms with van der Waals surface area (Å²) < 4.78 is 32.4. The first-order valence-electron chi connectivity index (χ1n) is 9.27. The van der Waals surface area contributed by atoms with E-state index in [0.717, 1.165) is 36.3 Å². The lowest BCUT2D eigenvalue weighted by atomic mass is 10.1. The number of halogens is 2. The summed E-state index contributed by atoms with van der Waals surface area (Å²) in [4.78, 5) is 4.11. The molecule has 7 nitrogen and oxygen atoms in total. The minimum absolute atomic E-state index is 0. The molecule has 1 aliphatic rings. The van der Waals surface area contributed by atoms with Crippen LogP contribution in [0.4, 0.5) is 0 Å². The highest BCUT2D eigenvalue weighted by atomic mass is 127. The number of guanidine groups is 1. The fourth-order valence-electron chi connectivity index (χ4n) is 2.80. The predicted molar refractivity (Wildman–Crippen MR) is 125 cm³/mol. The molecule has 2 rings (SSSR count). The van der Waals surface area contributed by atoms with E-state index >= 15 is 0 Å². The molecule has 3 N–H and O–H groups in total. The molecular formula is C18H30ClIN4O3S. The van der Waals surface area contributed by atoms with Crippen LogP contribution < -0.4 is 15.4 Å². The lowest BCUT2D eigenvalue weighted by Gasteiger charge is -2.22. The molecule has 1 saturated heterocycles. The fourth-order valence-corrected chi connectivity index (χ4v) is 3.99. The summed E-state index contributed by atoms with van der Waals surface area (Å²) in [7, 11) is -1.70. The maximum absolute atomic E-state index is 12.1. The van der Waals surface area contributed by atoms with Gasteiger partial charge < -0.3 is 15.4 Å². The third kappa shape index (κ3) is 9.73. The van der Waals surface area contributed by atoms with Crippen LogP contribution in [0.1, 0.15) is 24.8 Å². The molecule has 0 bridgehead atoms. The van der Waals surface area contributed by atoms with Gasteiger partial charge in [-0.2, -0.15) is 0 Å². The van der Waals surface area contributed by atoms with Crippen LogP contribution in [0, 0.1) is 0 Å². The molecular weight excluding hydrogens is 515 g/mol. The van der Waals surface area contributed by atoms with Gasteiger partial charge in [0.2, 0.25) is 10.0 Å². The molecule has 0 spiro atoms. The van der Waals surface area contributed by atoms with Crippen molar-refractivity contribution < 1.29 is 13.2 Å². The van der Waals surface area contributed by atoms with E-state index in [4.69, 9.17) is 16.3 Å². The van der Waals surface area contributed by atoms with Crippen LogP contribution in [-0.4, -0.2) is 59.5 Å². The second-order valence-corrected chi connectivity index (χ2v) is 8.76. The van der Waals surface area contributed by atoms with Crippen LogP contribution in [0.15, 0.2) is 29.3 Å². The number of aliphatic imine (C=N–C) groups is 1. The highest BCUT2D eigenvalue weighted by Gasteiger charge is 2.17. The molecule has 28 heavy (non-hydrogen) atoms. The van der Waals surface area contributed by atoms with Crippen molar-refractivity contribution in [2.45, 2.75) is 31.8 Å². The summed E-state index contributed by atoms with van der Waals surface area (Å²) in [5, 5.41) is 6.92. The Bertz CT molecular complexity index is 713. The molecule has 0 aliphatic carbocycles. The third-order valence-electron chi connectivity index (χ3n) is 4.34. The highest BCUT2D eigenvalue weighted by Crippen LogP contribution is 2.14. The number of nitrogens with one attached hydrogen (secondary N) is 3. The van der Waals surface area contributed by atoms with E-state index in [-0.39, 0.29) is 42.4 Å². The molecule has 160 valence electrons. The Morgan fingerprint density at radius 3 is 2.68 bits per heavy atom. The second kappa shape index (κ2) is 13.6. The molecule has 10 heteroatoms. The van der Waals surface area contributed by atoms with Crippen LogP contribution in [0.25, 0.3) is 0 Å². The van der Waals surface area contributed by atoms with Gasteiger partial charge >= 0.3 is 0 Å². The molecule has 0 radical (unpaired) electrons. The van der Waals surface area contributed by atoms with Gasteiger partial charge in [0, 0.05) is 38.3 Å². The summed E-state index contributed by atoms with van der Waals surface area (Å²) >= 11 is 6.14. The minimum atomic E-state index is -3.35. The fraction of sp³-hybridized carbons (Fsp3) is 0.611. The molecule has 0 aromatic heterocycles. The average molecular weight is 545 g/mol. The van der Waals surface area contributed by atoms with Crippen molar-refractivity contribution in [2.75, 3.05) is 39.0 Å². The maximum atomic E-state index is 12.1. The third-order valence-corrected chi connectivity index (χ3v) is 6.05. The summed E-state index contributed by atoms with van der Waals surface area (Å²) in [6.07, 6.45) is 3.78. The van der Waals surface area contributed by atoms with Crippen LogP contribution in [-0.2, 0) is 21.2 Å². The molecule has 1 aromatic rings. The van der Waals surface area contributed by atoms with Crippen LogP contribution in [0.3, 0.4) is 0 Å². The molecule has 0 amide bonds. The second-order valence-electron chi connectivity index (χ2n) is 6.42. The van der Waals surface area contributed by atoms with Crippen LogP contribution >= 0.6 is 35.6 Å². The Balaban J connectivity index is 0.00000392. The monoisotopic (exact) mass is 544 g/mol. The van der Waals surface area contributed by atoms with Crippen LogP contribution in [0.2, 0.25) is 5.02 Å². The van der Waals surface area contributed by atoms with Gasteiger partial charge in [0.05, 0.1) is 11.9 Å². The van der Waals surface area contributed by atoms with Gasteiger partial charge in [-0.1, -0.05) is 29.8 Å². The van der Waals surface area contributed by atoms with Crippen molar-refractivity contribution >= 4 is 51.6 Å². The average Bonchev–Trinajstić information content (AvgIpc) is 2.67.